The maximum absolute atomic E-state index is 13.8. The number of rotatable bonds is 11. The van der Waals surface area contributed by atoms with E-state index in [1.165, 1.54) is 6.42 Å². The summed E-state index contributed by atoms with van der Waals surface area (Å²) in [5.41, 5.74) is 3.14. The summed E-state index contributed by atoms with van der Waals surface area (Å²) in [4.78, 5) is 29.3. The molecule has 2 amide bonds. The number of hydrogen-bond acceptors (Lipinski definition) is 3. The predicted octanol–water partition coefficient (Wildman–Crippen LogP) is 7.42. The van der Waals surface area contributed by atoms with E-state index in [0.717, 1.165) is 52.6 Å². The van der Waals surface area contributed by atoms with Crippen molar-refractivity contribution in [2.24, 2.45) is 0 Å². The minimum Gasteiger partial charge on any atom is -0.352 e. The number of nitrogens with one attached hydrogen (secondary N) is 1. The number of carbonyl (C=O) groups is 2. The smallest absolute Gasteiger partial charge is 0.243 e. The molecular formula is C31H34BrClN2O2S. The molecule has 0 heterocycles. The number of hydrogen-bond donors (Lipinski definition) is 1. The van der Waals surface area contributed by atoms with Gasteiger partial charge in [-0.25, -0.2) is 0 Å². The molecule has 1 aliphatic carbocycles. The van der Waals surface area contributed by atoms with Gasteiger partial charge in [-0.05, 0) is 53.8 Å². The highest BCUT2D eigenvalue weighted by atomic mass is 79.9. The van der Waals surface area contributed by atoms with Gasteiger partial charge in [0.1, 0.15) is 6.04 Å². The molecule has 1 saturated carbocycles. The Morgan fingerprint density at radius 2 is 1.55 bits per heavy atom. The molecule has 1 unspecified atom stereocenters. The lowest BCUT2D eigenvalue weighted by Gasteiger charge is -2.33. The molecule has 1 atom stereocenters. The minimum absolute atomic E-state index is 0.0400. The van der Waals surface area contributed by atoms with E-state index in [4.69, 9.17) is 11.6 Å². The lowest BCUT2D eigenvalue weighted by Crippen LogP contribution is -2.53. The molecular weight excluding hydrogens is 580 g/mol. The van der Waals surface area contributed by atoms with Crippen molar-refractivity contribution in [3.05, 3.63) is 105 Å². The van der Waals surface area contributed by atoms with Crippen LogP contribution in [-0.4, -0.2) is 34.6 Å². The zero-order valence-electron chi connectivity index (χ0n) is 21.5. The fourth-order valence-corrected chi connectivity index (χ4v) is 6.07. The first-order valence-corrected chi connectivity index (χ1v) is 15.5. The van der Waals surface area contributed by atoms with Crippen LogP contribution in [0, 0.1) is 0 Å². The van der Waals surface area contributed by atoms with E-state index >= 15 is 0 Å². The van der Waals surface area contributed by atoms with Crippen LogP contribution in [0.4, 0.5) is 0 Å². The molecule has 0 spiro atoms. The molecule has 7 heteroatoms. The topological polar surface area (TPSA) is 49.4 Å². The number of halogens is 2. The Bertz CT molecular complexity index is 1170. The van der Waals surface area contributed by atoms with E-state index in [2.05, 4.69) is 33.4 Å². The third kappa shape index (κ3) is 8.89. The average molecular weight is 614 g/mol. The summed E-state index contributed by atoms with van der Waals surface area (Å²) < 4.78 is 1.03. The van der Waals surface area contributed by atoms with Crippen molar-refractivity contribution in [2.75, 3.05) is 5.75 Å². The summed E-state index contributed by atoms with van der Waals surface area (Å²) in [6.07, 6.45) is 5.95. The van der Waals surface area contributed by atoms with Gasteiger partial charge in [-0.15, -0.1) is 11.8 Å². The quantitative estimate of drug-likeness (QED) is 0.245. The van der Waals surface area contributed by atoms with Crippen molar-refractivity contribution in [1.82, 2.24) is 10.2 Å². The predicted molar refractivity (Wildman–Crippen MR) is 161 cm³/mol. The van der Waals surface area contributed by atoms with Gasteiger partial charge in [0.25, 0.3) is 0 Å². The second-order valence-electron chi connectivity index (χ2n) is 9.82. The Kier molecular flexibility index (Phi) is 11.2. The van der Waals surface area contributed by atoms with Gasteiger partial charge in [0.15, 0.2) is 0 Å². The van der Waals surface area contributed by atoms with Crippen LogP contribution in [-0.2, 0) is 28.3 Å². The van der Waals surface area contributed by atoms with E-state index in [1.54, 1.807) is 16.7 Å². The van der Waals surface area contributed by atoms with Crippen LogP contribution >= 0.6 is 39.3 Å². The maximum Gasteiger partial charge on any atom is 0.243 e. The Balaban J connectivity index is 1.55. The molecule has 0 aromatic heterocycles. The number of benzene rings is 3. The monoisotopic (exact) mass is 612 g/mol. The van der Waals surface area contributed by atoms with E-state index < -0.39 is 6.04 Å². The Hall–Kier alpha value is -2.28. The van der Waals surface area contributed by atoms with Gasteiger partial charge < -0.3 is 10.2 Å². The van der Waals surface area contributed by atoms with Crippen molar-refractivity contribution < 1.29 is 9.59 Å². The van der Waals surface area contributed by atoms with Gasteiger partial charge in [0.2, 0.25) is 11.8 Å². The summed E-state index contributed by atoms with van der Waals surface area (Å²) in [6, 6.07) is 25.2. The molecule has 1 aliphatic rings. The van der Waals surface area contributed by atoms with Crippen LogP contribution < -0.4 is 5.32 Å². The molecule has 0 bridgehead atoms. The highest BCUT2D eigenvalue weighted by Crippen LogP contribution is 2.22. The van der Waals surface area contributed by atoms with E-state index in [1.807, 2.05) is 66.7 Å². The van der Waals surface area contributed by atoms with Crippen LogP contribution in [0.3, 0.4) is 0 Å². The first-order valence-electron chi connectivity index (χ1n) is 13.2. The molecule has 38 heavy (non-hydrogen) atoms. The molecule has 200 valence electrons. The SMILES string of the molecule is O=C(NC1CCCCC1)C(Cc1ccccc1)N(Cc1ccc(Cl)cc1)C(=O)CSCc1ccc(Br)cc1. The maximum atomic E-state index is 13.8. The normalized spacial score (nSPS) is 14.6. The molecule has 0 radical (unpaired) electrons. The first-order chi connectivity index (χ1) is 18.5. The zero-order valence-corrected chi connectivity index (χ0v) is 24.6. The van der Waals surface area contributed by atoms with E-state index in [9.17, 15) is 9.59 Å². The van der Waals surface area contributed by atoms with Crippen LogP contribution in [0.5, 0.6) is 0 Å². The highest BCUT2D eigenvalue weighted by Gasteiger charge is 2.31. The summed E-state index contributed by atoms with van der Waals surface area (Å²) >= 11 is 11.2. The van der Waals surface area contributed by atoms with Crippen molar-refractivity contribution in [2.45, 2.75) is 62.9 Å². The molecule has 0 aliphatic heterocycles. The molecule has 0 saturated heterocycles. The van der Waals surface area contributed by atoms with Crippen molar-refractivity contribution in [3.8, 4) is 0 Å². The van der Waals surface area contributed by atoms with Gasteiger partial charge in [0, 0.05) is 34.3 Å². The second-order valence-corrected chi connectivity index (χ2v) is 12.2. The number of thioether (sulfide) groups is 1. The second kappa shape index (κ2) is 14.8. The van der Waals surface area contributed by atoms with Crippen LogP contribution in [0.2, 0.25) is 5.02 Å². The number of amides is 2. The van der Waals surface area contributed by atoms with E-state index in [0.29, 0.717) is 23.7 Å². The van der Waals surface area contributed by atoms with Gasteiger partial charge in [-0.2, -0.15) is 0 Å². The van der Waals surface area contributed by atoms with Crippen molar-refractivity contribution >= 4 is 51.1 Å². The van der Waals surface area contributed by atoms with Gasteiger partial charge >= 0.3 is 0 Å². The first kappa shape index (κ1) is 28.7. The largest absolute Gasteiger partial charge is 0.352 e. The standard InChI is InChI=1S/C31H34BrClN2O2S/c32-26-15-11-25(12-16-26)21-38-22-30(36)35(20-24-13-17-27(33)18-14-24)29(19-23-7-3-1-4-8-23)31(37)34-28-9-5-2-6-10-28/h1,3-4,7-8,11-18,28-29H,2,5-6,9-10,19-22H2,(H,34,37). The van der Waals surface area contributed by atoms with Gasteiger partial charge in [-0.1, -0.05) is 101 Å². The van der Waals surface area contributed by atoms with Crippen LogP contribution in [0.1, 0.15) is 48.8 Å². The van der Waals surface area contributed by atoms with Crippen LogP contribution in [0.25, 0.3) is 0 Å². The molecule has 4 rings (SSSR count). The molecule has 3 aromatic rings. The molecule has 1 N–H and O–H groups in total. The molecule has 1 fully saturated rings. The highest BCUT2D eigenvalue weighted by molar-refractivity contribution is 9.10. The third-order valence-electron chi connectivity index (χ3n) is 6.90. The van der Waals surface area contributed by atoms with Crippen LogP contribution in [0.15, 0.2) is 83.3 Å². The lowest BCUT2D eigenvalue weighted by molar-refractivity contribution is -0.139. The number of carbonyl (C=O) groups excluding carboxylic acids is 2. The summed E-state index contributed by atoms with van der Waals surface area (Å²) in [5, 5.41) is 3.94. The fourth-order valence-electron chi connectivity index (χ4n) is 4.80. The summed E-state index contributed by atoms with van der Waals surface area (Å²) in [5.74, 6) is 0.916. The van der Waals surface area contributed by atoms with Gasteiger partial charge in [-0.3, -0.25) is 9.59 Å². The van der Waals surface area contributed by atoms with Crippen molar-refractivity contribution in [3.63, 3.8) is 0 Å². The zero-order chi connectivity index (χ0) is 26.7. The fraction of sp³-hybridized carbons (Fsp3) is 0.355. The average Bonchev–Trinajstić information content (AvgIpc) is 2.94. The lowest BCUT2D eigenvalue weighted by atomic mass is 9.94. The Morgan fingerprint density at radius 3 is 2.24 bits per heavy atom. The molecule has 4 nitrogen and oxygen atoms in total. The third-order valence-corrected chi connectivity index (χ3v) is 8.67. The summed E-state index contributed by atoms with van der Waals surface area (Å²) in [6.45, 7) is 0.352. The van der Waals surface area contributed by atoms with E-state index in [-0.39, 0.29) is 17.9 Å². The van der Waals surface area contributed by atoms with Crippen molar-refractivity contribution in [1.29, 1.82) is 0 Å². The summed E-state index contributed by atoms with van der Waals surface area (Å²) in [7, 11) is 0. The van der Waals surface area contributed by atoms with Gasteiger partial charge in [0.05, 0.1) is 5.75 Å². The molecule has 3 aromatic carbocycles. The minimum atomic E-state index is -0.601. The Morgan fingerprint density at radius 1 is 0.895 bits per heavy atom. The Labute approximate surface area is 243 Å². The number of nitrogens with zero attached hydrogens (tertiary/aromatic N) is 1.